The van der Waals surface area contributed by atoms with Crippen molar-refractivity contribution in [3.63, 3.8) is 0 Å². The highest BCUT2D eigenvalue weighted by atomic mass is 16.3. The Labute approximate surface area is 98.8 Å². The van der Waals surface area contributed by atoms with E-state index in [1.165, 1.54) is 5.57 Å². The number of likely N-dealkylation sites (N-methyl/N-ethyl adjacent to an activating group) is 1. The Balaban J connectivity index is 2.83. The van der Waals surface area contributed by atoms with E-state index >= 15 is 0 Å². The van der Waals surface area contributed by atoms with E-state index in [4.69, 9.17) is 0 Å². The van der Waals surface area contributed by atoms with E-state index in [-0.39, 0.29) is 5.41 Å². The first kappa shape index (κ1) is 13.2. The Kier molecular flexibility index (Phi) is 4.51. The molecule has 0 aromatic heterocycles. The van der Waals surface area contributed by atoms with E-state index in [2.05, 4.69) is 44.3 Å². The smallest absolute Gasteiger partial charge is 0.127 e. The highest BCUT2D eigenvalue weighted by molar-refractivity contribution is 5.35. The molecular weight excluding hydrogens is 198 g/mol. The predicted octanol–water partition coefficient (Wildman–Crippen LogP) is 2.77. The lowest BCUT2D eigenvalue weighted by Gasteiger charge is -2.19. The van der Waals surface area contributed by atoms with Crippen LogP contribution in [0.15, 0.2) is 35.5 Å². The van der Waals surface area contributed by atoms with Crippen LogP contribution in [0.5, 0.6) is 0 Å². The molecule has 16 heavy (non-hydrogen) atoms. The molecule has 0 spiro atoms. The Morgan fingerprint density at radius 1 is 1.38 bits per heavy atom. The summed E-state index contributed by atoms with van der Waals surface area (Å²) in [5, 5.41) is 12.9. The van der Waals surface area contributed by atoms with E-state index < -0.39 is 6.23 Å². The molecule has 0 aromatic carbocycles. The van der Waals surface area contributed by atoms with Gasteiger partial charge in [0, 0.05) is 0 Å². The van der Waals surface area contributed by atoms with Crippen LogP contribution >= 0.6 is 0 Å². The number of hydrogen-bond donors (Lipinski definition) is 2. The SMILES string of the molecule is CCNC(O)C1=CC=C(C(C)(C)C)C=CC1. The Morgan fingerprint density at radius 2 is 2.06 bits per heavy atom. The number of nitrogens with one attached hydrogen (secondary N) is 1. The molecule has 0 heterocycles. The van der Waals surface area contributed by atoms with E-state index in [0.717, 1.165) is 18.5 Å². The van der Waals surface area contributed by atoms with E-state index in [1.807, 2.05) is 13.0 Å². The fourth-order valence-electron chi connectivity index (χ4n) is 1.67. The van der Waals surface area contributed by atoms with Crippen LogP contribution in [0.3, 0.4) is 0 Å². The third-order valence-corrected chi connectivity index (χ3v) is 2.74. The molecule has 1 rings (SSSR count). The van der Waals surface area contributed by atoms with Crippen LogP contribution in [-0.4, -0.2) is 17.9 Å². The van der Waals surface area contributed by atoms with Crippen molar-refractivity contribution in [2.24, 2.45) is 5.41 Å². The van der Waals surface area contributed by atoms with Crippen LogP contribution in [0, 0.1) is 5.41 Å². The average Bonchev–Trinajstić information content (AvgIpc) is 2.41. The van der Waals surface area contributed by atoms with Crippen LogP contribution in [0.1, 0.15) is 34.1 Å². The lowest BCUT2D eigenvalue weighted by Crippen LogP contribution is -2.30. The second-order valence-electron chi connectivity index (χ2n) is 5.18. The van der Waals surface area contributed by atoms with Gasteiger partial charge in [-0.05, 0) is 29.5 Å². The first-order valence-corrected chi connectivity index (χ1v) is 5.94. The fourth-order valence-corrected chi connectivity index (χ4v) is 1.67. The lowest BCUT2D eigenvalue weighted by atomic mass is 9.86. The number of hydrogen-bond acceptors (Lipinski definition) is 2. The van der Waals surface area contributed by atoms with Gasteiger partial charge in [0.1, 0.15) is 6.23 Å². The second kappa shape index (κ2) is 5.46. The zero-order valence-corrected chi connectivity index (χ0v) is 10.7. The number of rotatable bonds is 3. The predicted molar refractivity (Wildman–Crippen MR) is 69.1 cm³/mol. The summed E-state index contributed by atoms with van der Waals surface area (Å²) in [6.07, 6.45) is 8.71. The van der Waals surface area contributed by atoms with Crippen molar-refractivity contribution < 1.29 is 5.11 Å². The Hall–Kier alpha value is -0.860. The monoisotopic (exact) mass is 221 g/mol. The van der Waals surface area contributed by atoms with E-state index in [9.17, 15) is 5.11 Å². The third-order valence-electron chi connectivity index (χ3n) is 2.74. The van der Waals surface area contributed by atoms with Crippen LogP contribution in [0.4, 0.5) is 0 Å². The second-order valence-corrected chi connectivity index (χ2v) is 5.18. The normalized spacial score (nSPS) is 18.8. The Morgan fingerprint density at radius 3 is 2.62 bits per heavy atom. The number of aliphatic hydroxyl groups is 1. The highest BCUT2D eigenvalue weighted by Gasteiger charge is 2.16. The molecule has 0 aromatic rings. The van der Waals surface area contributed by atoms with Crippen molar-refractivity contribution in [1.82, 2.24) is 5.32 Å². The number of aliphatic hydroxyl groups excluding tert-OH is 1. The minimum absolute atomic E-state index is 0.158. The van der Waals surface area contributed by atoms with Gasteiger partial charge in [-0.3, -0.25) is 5.32 Å². The molecule has 2 N–H and O–H groups in total. The van der Waals surface area contributed by atoms with Gasteiger partial charge < -0.3 is 5.11 Å². The molecular formula is C14H23NO. The number of allylic oxidation sites excluding steroid dienone is 5. The van der Waals surface area contributed by atoms with Crippen LogP contribution in [-0.2, 0) is 0 Å². The molecule has 0 bridgehead atoms. The first-order chi connectivity index (χ1) is 7.45. The molecule has 2 nitrogen and oxygen atoms in total. The van der Waals surface area contributed by atoms with Gasteiger partial charge in [-0.15, -0.1) is 0 Å². The minimum Gasteiger partial charge on any atom is -0.375 e. The standard InChI is InChI=1S/C14H23NO/c1-5-15-13(16)11-7-6-8-12(10-9-11)14(2,3)4/h6,8-10,13,15-16H,5,7H2,1-4H3. The van der Waals surface area contributed by atoms with Crippen LogP contribution in [0.2, 0.25) is 0 Å². The maximum Gasteiger partial charge on any atom is 0.127 e. The van der Waals surface area contributed by atoms with Gasteiger partial charge in [0.25, 0.3) is 0 Å². The zero-order chi connectivity index (χ0) is 12.2. The van der Waals surface area contributed by atoms with Crippen molar-refractivity contribution in [1.29, 1.82) is 0 Å². The summed E-state index contributed by atoms with van der Waals surface area (Å²) in [6.45, 7) is 9.36. The maximum atomic E-state index is 9.85. The summed E-state index contributed by atoms with van der Waals surface area (Å²) in [4.78, 5) is 0. The first-order valence-electron chi connectivity index (χ1n) is 5.94. The van der Waals surface area contributed by atoms with Crippen molar-refractivity contribution >= 4 is 0 Å². The van der Waals surface area contributed by atoms with Gasteiger partial charge in [0.2, 0.25) is 0 Å². The van der Waals surface area contributed by atoms with Gasteiger partial charge in [-0.1, -0.05) is 52.0 Å². The topological polar surface area (TPSA) is 32.3 Å². The molecule has 1 aliphatic rings. The summed E-state index contributed by atoms with van der Waals surface area (Å²) in [6, 6.07) is 0. The average molecular weight is 221 g/mol. The van der Waals surface area contributed by atoms with Crippen LogP contribution in [0.25, 0.3) is 0 Å². The van der Waals surface area contributed by atoms with Gasteiger partial charge in [-0.25, -0.2) is 0 Å². The van der Waals surface area contributed by atoms with Crippen LogP contribution < -0.4 is 5.32 Å². The van der Waals surface area contributed by atoms with Gasteiger partial charge >= 0.3 is 0 Å². The molecule has 0 saturated carbocycles. The molecule has 0 aliphatic heterocycles. The molecule has 1 atom stereocenters. The lowest BCUT2D eigenvalue weighted by molar-refractivity contribution is 0.173. The molecule has 0 radical (unpaired) electrons. The van der Waals surface area contributed by atoms with Crippen molar-refractivity contribution in [3.8, 4) is 0 Å². The third kappa shape index (κ3) is 3.62. The van der Waals surface area contributed by atoms with Gasteiger partial charge in [-0.2, -0.15) is 0 Å². The van der Waals surface area contributed by atoms with Crippen molar-refractivity contribution in [2.75, 3.05) is 6.54 Å². The quantitative estimate of drug-likeness (QED) is 0.718. The highest BCUT2D eigenvalue weighted by Crippen LogP contribution is 2.28. The molecule has 0 amide bonds. The molecule has 90 valence electrons. The zero-order valence-electron chi connectivity index (χ0n) is 10.7. The maximum absolute atomic E-state index is 9.85. The molecule has 1 unspecified atom stereocenters. The summed E-state index contributed by atoms with van der Waals surface area (Å²) < 4.78 is 0. The van der Waals surface area contributed by atoms with Crippen molar-refractivity contribution in [3.05, 3.63) is 35.5 Å². The minimum atomic E-state index is -0.523. The fraction of sp³-hybridized carbons (Fsp3) is 0.571. The summed E-state index contributed by atoms with van der Waals surface area (Å²) in [5.41, 5.74) is 2.48. The largest absolute Gasteiger partial charge is 0.375 e. The van der Waals surface area contributed by atoms with Crippen molar-refractivity contribution in [2.45, 2.75) is 40.3 Å². The van der Waals surface area contributed by atoms with Gasteiger partial charge in [0.15, 0.2) is 0 Å². The summed E-state index contributed by atoms with van der Waals surface area (Å²) in [7, 11) is 0. The Bertz CT molecular complexity index is 318. The summed E-state index contributed by atoms with van der Waals surface area (Å²) >= 11 is 0. The molecule has 0 saturated heterocycles. The molecule has 1 aliphatic carbocycles. The van der Waals surface area contributed by atoms with E-state index in [1.54, 1.807) is 0 Å². The van der Waals surface area contributed by atoms with Gasteiger partial charge in [0.05, 0.1) is 0 Å². The molecule has 2 heteroatoms. The van der Waals surface area contributed by atoms with E-state index in [0.29, 0.717) is 0 Å². The summed E-state index contributed by atoms with van der Waals surface area (Å²) in [5.74, 6) is 0. The molecule has 0 fully saturated rings.